The standard InChI is InChI=1S/C17H19N3O4S/c21-25(22,15-5-6-16-13(11-15)7-10-23-16)20-9-2-3-14(12-20)24-17-4-1-8-18-19-17/h1,4-6,8,11,14H,2-3,7,9-10,12H2/t14-/m1/s1. The second-order valence-corrected chi connectivity index (χ2v) is 8.11. The molecular formula is C17H19N3O4S. The maximum atomic E-state index is 13.0. The summed E-state index contributed by atoms with van der Waals surface area (Å²) in [5, 5.41) is 7.68. The third-order valence-electron chi connectivity index (χ3n) is 4.47. The highest BCUT2D eigenvalue weighted by atomic mass is 32.2. The second kappa shape index (κ2) is 6.61. The van der Waals surface area contributed by atoms with Gasteiger partial charge in [0.1, 0.15) is 11.9 Å². The van der Waals surface area contributed by atoms with Gasteiger partial charge in [0.15, 0.2) is 0 Å². The van der Waals surface area contributed by atoms with E-state index in [1.54, 1.807) is 36.5 Å². The topological polar surface area (TPSA) is 81.6 Å². The van der Waals surface area contributed by atoms with Gasteiger partial charge >= 0.3 is 0 Å². The van der Waals surface area contributed by atoms with Crippen molar-refractivity contribution in [1.29, 1.82) is 0 Å². The molecule has 2 aromatic rings. The Morgan fingerprint density at radius 3 is 3.04 bits per heavy atom. The van der Waals surface area contributed by atoms with Crippen LogP contribution in [0.2, 0.25) is 0 Å². The summed E-state index contributed by atoms with van der Waals surface area (Å²) in [6, 6.07) is 8.55. The number of fused-ring (bicyclic) bond motifs is 1. The Balaban J connectivity index is 1.52. The van der Waals surface area contributed by atoms with E-state index >= 15 is 0 Å². The molecule has 1 atom stereocenters. The second-order valence-electron chi connectivity index (χ2n) is 6.18. The van der Waals surface area contributed by atoms with Crippen LogP contribution < -0.4 is 9.47 Å². The number of aromatic nitrogens is 2. The lowest BCUT2D eigenvalue weighted by molar-refractivity contribution is 0.123. The first-order valence-electron chi connectivity index (χ1n) is 8.33. The molecule has 0 radical (unpaired) electrons. The van der Waals surface area contributed by atoms with Crippen LogP contribution in [-0.4, -0.2) is 48.7 Å². The van der Waals surface area contributed by atoms with E-state index < -0.39 is 10.0 Å². The zero-order valence-electron chi connectivity index (χ0n) is 13.7. The fraction of sp³-hybridized carbons (Fsp3) is 0.412. The molecule has 0 bridgehead atoms. The normalized spacial score (nSPS) is 20.7. The molecule has 3 heterocycles. The van der Waals surface area contributed by atoms with Gasteiger partial charge < -0.3 is 9.47 Å². The molecule has 0 spiro atoms. The smallest absolute Gasteiger partial charge is 0.243 e. The average molecular weight is 361 g/mol. The van der Waals surface area contributed by atoms with Crippen molar-refractivity contribution in [3.8, 4) is 11.6 Å². The average Bonchev–Trinajstić information content (AvgIpc) is 3.10. The molecule has 1 aromatic heterocycles. The quantitative estimate of drug-likeness (QED) is 0.823. The van der Waals surface area contributed by atoms with Gasteiger partial charge in [0.05, 0.1) is 18.0 Å². The molecule has 0 saturated carbocycles. The van der Waals surface area contributed by atoms with Gasteiger partial charge in [-0.1, -0.05) is 0 Å². The number of hydrogen-bond acceptors (Lipinski definition) is 6. The van der Waals surface area contributed by atoms with Crippen LogP contribution in [0.5, 0.6) is 11.6 Å². The van der Waals surface area contributed by atoms with Crippen molar-refractivity contribution < 1.29 is 17.9 Å². The van der Waals surface area contributed by atoms with Gasteiger partial charge in [-0.15, -0.1) is 5.10 Å². The number of benzene rings is 1. The van der Waals surface area contributed by atoms with Gasteiger partial charge in [-0.25, -0.2) is 8.42 Å². The summed E-state index contributed by atoms with van der Waals surface area (Å²) in [4.78, 5) is 0.317. The van der Waals surface area contributed by atoms with Crippen LogP contribution in [-0.2, 0) is 16.4 Å². The minimum atomic E-state index is -3.55. The summed E-state index contributed by atoms with van der Waals surface area (Å²) in [6.45, 7) is 1.42. The summed E-state index contributed by atoms with van der Waals surface area (Å²) in [6.07, 6.45) is 3.64. The lowest BCUT2D eigenvalue weighted by Gasteiger charge is -2.31. The predicted molar refractivity (Wildman–Crippen MR) is 90.1 cm³/mol. The van der Waals surface area contributed by atoms with Crippen molar-refractivity contribution in [2.45, 2.75) is 30.3 Å². The molecule has 1 aromatic carbocycles. The van der Waals surface area contributed by atoms with Gasteiger partial charge in [0.2, 0.25) is 15.9 Å². The first kappa shape index (κ1) is 16.3. The van der Waals surface area contributed by atoms with E-state index in [0.29, 0.717) is 30.5 Å². The first-order valence-corrected chi connectivity index (χ1v) is 9.77. The minimum absolute atomic E-state index is 0.224. The summed E-state index contributed by atoms with van der Waals surface area (Å²) < 4.78 is 38.7. The highest BCUT2D eigenvalue weighted by Gasteiger charge is 2.32. The predicted octanol–water partition coefficient (Wildman–Crippen LogP) is 1.64. The van der Waals surface area contributed by atoms with Crippen molar-refractivity contribution in [2.75, 3.05) is 19.7 Å². The molecule has 0 unspecified atom stereocenters. The number of ether oxygens (including phenoxy) is 2. The molecule has 7 nitrogen and oxygen atoms in total. The van der Waals surface area contributed by atoms with Crippen molar-refractivity contribution in [3.05, 3.63) is 42.1 Å². The van der Waals surface area contributed by atoms with Crippen LogP contribution in [0.1, 0.15) is 18.4 Å². The van der Waals surface area contributed by atoms with Crippen LogP contribution in [0.25, 0.3) is 0 Å². The summed E-state index contributed by atoms with van der Waals surface area (Å²) in [7, 11) is -3.55. The highest BCUT2D eigenvalue weighted by molar-refractivity contribution is 7.89. The van der Waals surface area contributed by atoms with Gasteiger partial charge in [0.25, 0.3) is 0 Å². The Kier molecular flexibility index (Phi) is 4.30. The van der Waals surface area contributed by atoms with Crippen molar-refractivity contribution >= 4 is 10.0 Å². The molecule has 1 saturated heterocycles. The number of nitrogens with zero attached hydrogens (tertiary/aromatic N) is 3. The third-order valence-corrected chi connectivity index (χ3v) is 6.34. The molecule has 4 rings (SSSR count). The van der Waals surface area contributed by atoms with Gasteiger partial charge in [-0.3, -0.25) is 0 Å². The zero-order valence-corrected chi connectivity index (χ0v) is 14.5. The van der Waals surface area contributed by atoms with Crippen LogP contribution >= 0.6 is 0 Å². The summed E-state index contributed by atoms with van der Waals surface area (Å²) in [5.41, 5.74) is 0.949. The SMILES string of the molecule is O=S(=O)(c1ccc2c(c1)CCO2)N1CCC[C@@H](Oc2cccnn2)C1. The Morgan fingerprint density at radius 2 is 2.20 bits per heavy atom. The molecule has 132 valence electrons. The van der Waals surface area contributed by atoms with Crippen LogP contribution in [0.3, 0.4) is 0 Å². The molecule has 0 aliphatic carbocycles. The third kappa shape index (κ3) is 3.32. The van der Waals surface area contributed by atoms with E-state index in [1.165, 1.54) is 4.31 Å². The first-order chi connectivity index (χ1) is 12.1. The number of hydrogen-bond donors (Lipinski definition) is 0. The fourth-order valence-corrected chi connectivity index (χ4v) is 4.77. The zero-order chi connectivity index (χ0) is 17.3. The molecule has 1 fully saturated rings. The molecule has 8 heteroatoms. The van der Waals surface area contributed by atoms with E-state index in [1.807, 2.05) is 0 Å². The maximum absolute atomic E-state index is 13.0. The van der Waals surface area contributed by atoms with E-state index in [0.717, 1.165) is 30.6 Å². The van der Waals surface area contributed by atoms with Crippen LogP contribution in [0, 0.1) is 0 Å². The van der Waals surface area contributed by atoms with E-state index in [-0.39, 0.29) is 6.10 Å². The van der Waals surface area contributed by atoms with Gasteiger partial charge in [-0.2, -0.15) is 9.40 Å². The molecule has 2 aliphatic heterocycles. The van der Waals surface area contributed by atoms with Crippen molar-refractivity contribution in [2.24, 2.45) is 0 Å². The largest absolute Gasteiger partial charge is 0.493 e. The van der Waals surface area contributed by atoms with Crippen LogP contribution in [0.15, 0.2) is 41.4 Å². The molecule has 2 aliphatic rings. The maximum Gasteiger partial charge on any atom is 0.243 e. The van der Waals surface area contributed by atoms with Gasteiger partial charge in [-0.05, 0) is 42.7 Å². The lowest BCUT2D eigenvalue weighted by Crippen LogP contribution is -2.44. The van der Waals surface area contributed by atoms with Crippen molar-refractivity contribution in [1.82, 2.24) is 14.5 Å². The molecule has 25 heavy (non-hydrogen) atoms. The Morgan fingerprint density at radius 1 is 1.28 bits per heavy atom. The molecule has 0 amide bonds. The summed E-state index contributed by atoms with van der Waals surface area (Å²) >= 11 is 0. The lowest BCUT2D eigenvalue weighted by atomic mass is 10.1. The Bertz CT molecular complexity index is 857. The molecule has 0 N–H and O–H groups in total. The Labute approximate surface area is 146 Å². The minimum Gasteiger partial charge on any atom is -0.493 e. The van der Waals surface area contributed by atoms with Crippen LogP contribution in [0.4, 0.5) is 0 Å². The number of rotatable bonds is 4. The fourth-order valence-electron chi connectivity index (χ4n) is 3.21. The van der Waals surface area contributed by atoms with Gasteiger partial charge in [0, 0.05) is 25.2 Å². The van der Waals surface area contributed by atoms with Crippen molar-refractivity contribution in [3.63, 3.8) is 0 Å². The van der Waals surface area contributed by atoms with E-state index in [2.05, 4.69) is 10.2 Å². The summed E-state index contributed by atoms with van der Waals surface area (Å²) in [5.74, 6) is 1.20. The monoisotopic (exact) mass is 361 g/mol. The molecular weight excluding hydrogens is 342 g/mol. The highest BCUT2D eigenvalue weighted by Crippen LogP contribution is 2.30. The number of piperidine rings is 1. The van der Waals surface area contributed by atoms with E-state index in [9.17, 15) is 8.42 Å². The number of sulfonamides is 1. The Hall–Kier alpha value is -2.19. The van der Waals surface area contributed by atoms with E-state index in [4.69, 9.17) is 9.47 Å².